The van der Waals surface area contributed by atoms with Gasteiger partial charge in [0, 0.05) is 100 Å². The molecule has 0 saturated carbocycles. The van der Waals surface area contributed by atoms with Crippen molar-refractivity contribution >= 4 is 243 Å². The average Bonchev–Trinajstić information content (AvgIpc) is 1.57. The Morgan fingerprint density at radius 1 is 0.217 bits per heavy atom. The summed E-state index contributed by atoms with van der Waals surface area (Å²) in [7, 11) is 0. The number of hydrogen-bond donors (Lipinski definition) is 0. The Hall–Kier alpha value is -16.1. The van der Waals surface area contributed by atoms with Gasteiger partial charge in [-0.15, -0.1) is 34.0 Å². The normalized spacial score (nSPS) is 11.9. The predicted octanol–water partition coefficient (Wildman–Crippen LogP) is 35.7. The van der Waals surface area contributed by atoms with Crippen LogP contribution in [0.2, 0.25) is 0 Å². The van der Waals surface area contributed by atoms with Gasteiger partial charge in [0.05, 0.1) is 84.0 Å². The highest BCUT2D eigenvalue weighted by Crippen LogP contribution is 2.54. The van der Waals surface area contributed by atoms with Crippen LogP contribution in [0.3, 0.4) is 0 Å². The van der Waals surface area contributed by atoms with Crippen molar-refractivity contribution < 1.29 is 13.3 Å². The molecule has 0 bridgehead atoms. The highest BCUT2D eigenvalue weighted by molar-refractivity contribution is 7.28. The summed E-state index contributed by atoms with van der Waals surface area (Å²) in [5.41, 5.74) is 32.0. The van der Waals surface area contributed by atoms with Crippen LogP contribution in [0.1, 0.15) is 33.4 Å². The van der Waals surface area contributed by atoms with Gasteiger partial charge in [0.15, 0.2) is 0 Å². The van der Waals surface area contributed by atoms with E-state index in [0.717, 1.165) is 157 Å². The molecule has 0 radical (unpaired) electrons. The number of furan rings is 3. The molecule has 27 aromatic rings. The number of nitrogens with zero attached hydrogens (tertiary/aromatic N) is 6. The summed E-state index contributed by atoms with van der Waals surface area (Å²) in [5, 5.41) is 21.1. The molecular formula is C117H72N6O3S3. The highest BCUT2D eigenvalue weighted by atomic mass is 32.1. The predicted molar refractivity (Wildman–Crippen MR) is 546 cm³/mol. The molecule has 0 aliphatic heterocycles. The first kappa shape index (κ1) is 75.4. The molecule has 0 aliphatic rings. The second-order valence-electron chi connectivity index (χ2n) is 34.1. The zero-order valence-electron chi connectivity index (χ0n) is 70.8. The number of aromatic nitrogens is 3. The summed E-state index contributed by atoms with van der Waals surface area (Å²) in [6.45, 7) is 37.0. The molecule has 27 rings (SSSR count). The minimum Gasteiger partial charge on any atom is -0.456 e. The van der Waals surface area contributed by atoms with E-state index < -0.39 is 0 Å². The molecule has 9 nitrogen and oxygen atoms in total. The van der Waals surface area contributed by atoms with Crippen LogP contribution in [-0.2, 0) is 0 Å². The van der Waals surface area contributed by atoms with E-state index in [1.165, 1.54) is 118 Å². The third-order valence-electron chi connectivity index (χ3n) is 26.2. The van der Waals surface area contributed by atoms with Gasteiger partial charge < -0.3 is 27.0 Å². The fourth-order valence-corrected chi connectivity index (χ4v) is 24.3. The van der Waals surface area contributed by atoms with Gasteiger partial charge in [-0.3, -0.25) is 0 Å². The van der Waals surface area contributed by atoms with Crippen LogP contribution < -0.4 is 0 Å². The zero-order chi connectivity index (χ0) is 86.5. The van der Waals surface area contributed by atoms with Crippen molar-refractivity contribution in [2.75, 3.05) is 0 Å². The third-order valence-corrected chi connectivity index (χ3v) is 29.9. The summed E-state index contributed by atoms with van der Waals surface area (Å²) < 4.78 is 32.7. The monoisotopic (exact) mass is 1700 g/mol. The van der Waals surface area contributed by atoms with Crippen LogP contribution in [0, 0.1) is 61.3 Å². The number of para-hydroxylation sites is 4. The van der Waals surface area contributed by atoms with E-state index in [9.17, 15) is 0 Å². The van der Waals surface area contributed by atoms with E-state index in [-0.39, 0.29) is 0 Å². The topological polar surface area (TPSA) is 67.3 Å². The fraction of sp³-hybridized carbons (Fsp3) is 0.0513. The summed E-state index contributed by atoms with van der Waals surface area (Å²) >= 11 is 5.16. The Kier molecular flexibility index (Phi) is 16.9. The summed E-state index contributed by atoms with van der Waals surface area (Å²) in [6, 6.07) is 116. The van der Waals surface area contributed by atoms with Crippen molar-refractivity contribution in [2.45, 2.75) is 41.5 Å². The van der Waals surface area contributed by atoms with Gasteiger partial charge >= 0.3 is 0 Å². The maximum atomic E-state index is 8.04. The third kappa shape index (κ3) is 11.6. The van der Waals surface area contributed by atoms with E-state index >= 15 is 0 Å². The number of fused-ring (bicyclic) bond motifs is 27. The molecule has 0 saturated heterocycles. The number of hydrogen-bond acceptors (Lipinski definition) is 6. The maximum absolute atomic E-state index is 8.04. The van der Waals surface area contributed by atoms with Crippen LogP contribution >= 0.6 is 34.0 Å². The van der Waals surface area contributed by atoms with Crippen LogP contribution in [0.15, 0.2) is 341 Å². The molecule has 129 heavy (non-hydrogen) atoms. The molecule has 18 aromatic carbocycles. The molecule has 12 heteroatoms. The van der Waals surface area contributed by atoms with Gasteiger partial charge in [0.2, 0.25) is 17.1 Å². The summed E-state index contributed by atoms with van der Waals surface area (Å²) in [4.78, 5) is 11.9. The van der Waals surface area contributed by atoms with Crippen LogP contribution in [0.4, 0.5) is 17.1 Å². The van der Waals surface area contributed by atoms with Crippen molar-refractivity contribution in [2.24, 2.45) is 0 Å². The van der Waals surface area contributed by atoms with Crippen molar-refractivity contribution in [1.82, 2.24) is 13.7 Å². The van der Waals surface area contributed by atoms with Crippen LogP contribution in [0.25, 0.3) is 257 Å². The molecule has 9 heterocycles. The first-order valence-electron chi connectivity index (χ1n) is 43.1. The Morgan fingerprint density at radius 3 is 0.938 bits per heavy atom. The highest BCUT2D eigenvalue weighted by Gasteiger charge is 2.27. The molecule has 0 amide bonds. The second-order valence-corrected chi connectivity index (χ2v) is 37.2. The van der Waals surface area contributed by atoms with E-state index in [1.807, 2.05) is 60.7 Å². The van der Waals surface area contributed by atoms with Gasteiger partial charge in [0.1, 0.15) is 33.5 Å². The van der Waals surface area contributed by atoms with Crippen molar-refractivity contribution in [3.63, 3.8) is 0 Å². The molecule has 606 valence electrons. The van der Waals surface area contributed by atoms with Gasteiger partial charge in [-0.2, -0.15) is 0 Å². The number of thiophene rings is 3. The van der Waals surface area contributed by atoms with E-state index in [1.54, 1.807) is 34.0 Å². The van der Waals surface area contributed by atoms with E-state index in [0.29, 0.717) is 17.1 Å². The molecule has 9 aromatic heterocycles. The maximum Gasteiger partial charge on any atom is 0.204 e. The van der Waals surface area contributed by atoms with Crippen molar-refractivity contribution in [1.29, 1.82) is 0 Å². The minimum atomic E-state index is 0.677. The summed E-state index contributed by atoms with van der Waals surface area (Å²) in [5.74, 6) is 0. The summed E-state index contributed by atoms with van der Waals surface area (Å²) in [6.07, 6.45) is 0. The Morgan fingerprint density at radius 2 is 0.527 bits per heavy atom. The van der Waals surface area contributed by atoms with E-state index in [2.05, 4.69) is 337 Å². The largest absolute Gasteiger partial charge is 0.456 e. The van der Waals surface area contributed by atoms with Gasteiger partial charge in [-0.1, -0.05) is 228 Å². The molecule has 0 unspecified atom stereocenters. The molecule has 0 spiro atoms. The number of aryl methyl sites for hydroxylation is 6. The Balaban J connectivity index is 0.000000105. The number of benzene rings is 18. The van der Waals surface area contributed by atoms with E-state index in [4.69, 9.17) is 33.0 Å². The van der Waals surface area contributed by atoms with Crippen LogP contribution in [-0.4, -0.2) is 13.7 Å². The lowest BCUT2D eigenvalue weighted by Crippen LogP contribution is -1.94. The zero-order valence-corrected chi connectivity index (χ0v) is 73.3. The molecule has 0 N–H and O–H groups in total. The SMILES string of the molecule is [C-]#[N+]c1ccc(-c2ccc3c(c2)oc2ccccc23)c2c1sc1c(-n3c4ccc(C)cc4c4cc(C)ccc43)cccc12.[C-]#[N+]c1ccc(-c2ccc3oc4ccccc4c3c2)c2c1sc1c(-n3c4ccc(C)cc4c4cc(C)ccc43)cccc12.[C-]#[N+]c1ccc(-c2cccc3c2oc2ccccc23)c2c1sc1c(-n3c4ccc(C)cc4c4cc(C)ccc43)cccc12. The molecule has 0 atom stereocenters. The quantitative estimate of drug-likeness (QED) is 0.156. The fourth-order valence-electron chi connectivity index (χ4n) is 20.4. The Labute approximate surface area is 751 Å². The number of rotatable bonds is 6. The van der Waals surface area contributed by atoms with Gasteiger partial charge in [-0.25, -0.2) is 14.5 Å². The lowest BCUT2D eigenvalue weighted by atomic mass is 9.97. The molecule has 0 fully saturated rings. The second kappa shape index (κ2) is 29.0. The standard InChI is InChI=1S/3C39H24N2OS/c1-22-14-18-32-29(20-22)30-21-23(2)15-19-33(30)41(32)34-12-7-11-28-36-25(16-17-31(40-3)39(36)43-38(28)34)27-10-6-9-26-24-8-4-5-13-35(24)42-37(26)27;1-22-11-16-32-28(19-22)29-20-23(2)12-17-33(29)41(32)34-9-6-8-27-37-25(14-15-31(40-3)39(37)43-38(27)34)24-13-18-36-30(21-24)26-7-4-5-10-35(26)42-36;1-22-11-17-32-29(19-22)30-20-23(2)12-18-33(30)41(32)34-9-6-8-28-37-25(15-16-31(40-3)39(37)43-38(28)34)24-13-14-27-26-7-4-5-10-35(26)42-36(27)21-24/h3*4-21H,1-2H3. The lowest BCUT2D eigenvalue weighted by Gasteiger charge is -2.10. The van der Waals surface area contributed by atoms with Gasteiger partial charge in [0.25, 0.3) is 0 Å². The van der Waals surface area contributed by atoms with Crippen LogP contribution in [0.5, 0.6) is 0 Å². The molecular weight excluding hydrogens is 1630 g/mol. The lowest BCUT2D eigenvalue weighted by molar-refractivity contribution is 0.668. The smallest absolute Gasteiger partial charge is 0.204 e. The van der Waals surface area contributed by atoms with Crippen molar-refractivity contribution in [3.05, 3.63) is 395 Å². The van der Waals surface area contributed by atoms with Crippen molar-refractivity contribution in [3.8, 4) is 50.4 Å². The minimum absolute atomic E-state index is 0.677. The molecule has 0 aliphatic carbocycles. The van der Waals surface area contributed by atoms with Gasteiger partial charge in [-0.05, 0) is 219 Å². The first-order valence-corrected chi connectivity index (χ1v) is 45.6. The first-order chi connectivity index (χ1) is 63.3. The average molecular weight is 1710 g/mol. The Bertz CT molecular complexity index is 9550.